The molecular formula is C20H16FN3O3S. The molecule has 8 heteroatoms. The number of aromatic hydroxyl groups is 1. The Bertz CT molecular complexity index is 1100. The molecule has 2 aromatic carbocycles. The molecule has 1 aromatic heterocycles. The predicted octanol–water partition coefficient (Wildman–Crippen LogP) is 3.38. The van der Waals surface area contributed by atoms with Crippen LogP contribution >= 0.6 is 11.8 Å². The third-order valence-electron chi connectivity index (χ3n) is 4.55. The van der Waals surface area contributed by atoms with Gasteiger partial charge in [-0.2, -0.15) is 0 Å². The number of rotatable bonds is 4. The SMILES string of the molecule is O=C1CC(c2ccc(O)cc2)c2c(nc(SCc3ccccc3F)[nH]c2=O)N1. The van der Waals surface area contributed by atoms with Crippen LogP contribution in [0.15, 0.2) is 58.5 Å². The summed E-state index contributed by atoms with van der Waals surface area (Å²) in [4.78, 5) is 32.0. The van der Waals surface area contributed by atoms with Crippen molar-refractivity contribution in [3.63, 3.8) is 0 Å². The number of amides is 1. The largest absolute Gasteiger partial charge is 0.508 e. The number of halogens is 1. The average Bonchev–Trinajstić information content (AvgIpc) is 2.67. The number of nitrogens with zero attached hydrogens (tertiary/aromatic N) is 1. The van der Waals surface area contributed by atoms with Gasteiger partial charge in [-0.25, -0.2) is 9.37 Å². The summed E-state index contributed by atoms with van der Waals surface area (Å²) in [5, 5.41) is 12.4. The van der Waals surface area contributed by atoms with Crippen LogP contribution in [-0.4, -0.2) is 21.0 Å². The number of thioether (sulfide) groups is 1. The molecule has 0 saturated carbocycles. The Morgan fingerprint density at radius 3 is 2.64 bits per heavy atom. The van der Waals surface area contributed by atoms with Crippen molar-refractivity contribution in [1.82, 2.24) is 9.97 Å². The highest BCUT2D eigenvalue weighted by Gasteiger charge is 2.31. The molecule has 142 valence electrons. The third-order valence-corrected chi connectivity index (χ3v) is 5.47. The fraction of sp³-hybridized carbons (Fsp3) is 0.150. The topological polar surface area (TPSA) is 95.1 Å². The van der Waals surface area contributed by atoms with E-state index in [9.17, 15) is 19.1 Å². The maximum Gasteiger partial charge on any atom is 0.257 e. The lowest BCUT2D eigenvalue weighted by Gasteiger charge is -2.24. The minimum atomic E-state index is -0.453. The fourth-order valence-electron chi connectivity index (χ4n) is 3.17. The number of phenolic OH excluding ortho intramolecular Hbond substituents is 1. The Morgan fingerprint density at radius 2 is 1.89 bits per heavy atom. The number of phenols is 1. The molecule has 1 aliphatic rings. The molecule has 3 aromatic rings. The Hall–Kier alpha value is -3.13. The van der Waals surface area contributed by atoms with Gasteiger partial charge >= 0.3 is 0 Å². The standard InChI is InChI=1S/C20H16FN3O3S/c21-15-4-2-1-3-12(15)10-28-20-23-18-17(19(27)24-20)14(9-16(26)22-18)11-5-7-13(25)8-6-11/h1-8,14,25H,9-10H2,(H2,22,23,24,26,27). The molecule has 1 amide bonds. The predicted molar refractivity (Wildman–Crippen MR) is 104 cm³/mol. The zero-order valence-electron chi connectivity index (χ0n) is 14.6. The second-order valence-corrected chi connectivity index (χ2v) is 7.37. The number of carbonyl (C=O) groups excluding carboxylic acids is 1. The lowest BCUT2D eigenvalue weighted by Crippen LogP contribution is -2.31. The van der Waals surface area contributed by atoms with E-state index in [2.05, 4.69) is 15.3 Å². The summed E-state index contributed by atoms with van der Waals surface area (Å²) in [6.45, 7) is 0. The minimum absolute atomic E-state index is 0.108. The number of hydrogen-bond donors (Lipinski definition) is 3. The Morgan fingerprint density at radius 1 is 1.14 bits per heavy atom. The van der Waals surface area contributed by atoms with E-state index in [1.54, 1.807) is 30.3 Å². The second-order valence-electron chi connectivity index (χ2n) is 6.41. The van der Waals surface area contributed by atoms with Gasteiger partial charge < -0.3 is 15.4 Å². The molecule has 0 fully saturated rings. The molecule has 0 aliphatic carbocycles. The number of anilines is 1. The summed E-state index contributed by atoms with van der Waals surface area (Å²) in [5.74, 6) is -0.398. The Labute approximate surface area is 163 Å². The second kappa shape index (κ2) is 7.47. The third kappa shape index (κ3) is 3.63. The molecule has 6 nitrogen and oxygen atoms in total. The van der Waals surface area contributed by atoms with Crippen LogP contribution in [0.5, 0.6) is 5.75 Å². The van der Waals surface area contributed by atoms with Crippen molar-refractivity contribution >= 4 is 23.5 Å². The van der Waals surface area contributed by atoms with E-state index in [1.165, 1.54) is 30.0 Å². The van der Waals surface area contributed by atoms with Gasteiger partial charge in [0.1, 0.15) is 17.4 Å². The van der Waals surface area contributed by atoms with E-state index in [4.69, 9.17) is 0 Å². The summed E-state index contributed by atoms with van der Waals surface area (Å²) < 4.78 is 13.8. The summed E-state index contributed by atoms with van der Waals surface area (Å²) in [6, 6.07) is 12.8. The Kier molecular flexibility index (Phi) is 4.87. The van der Waals surface area contributed by atoms with Crippen LogP contribution in [0.3, 0.4) is 0 Å². The maximum atomic E-state index is 13.8. The van der Waals surface area contributed by atoms with Crippen LogP contribution in [0, 0.1) is 5.82 Å². The molecule has 2 heterocycles. The van der Waals surface area contributed by atoms with Crippen LogP contribution < -0.4 is 10.9 Å². The number of hydrogen-bond acceptors (Lipinski definition) is 5. The zero-order valence-corrected chi connectivity index (χ0v) is 15.4. The molecule has 1 unspecified atom stereocenters. The molecule has 28 heavy (non-hydrogen) atoms. The van der Waals surface area contributed by atoms with Gasteiger partial charge in [-0.1, -0.05) is 42.1 Å². The first-order chi connectivity index (χ1) is 13.5. The molecule has 0 bridgehead atoms. The van der Waals surface area contributed by atoms with Crippen molar-refractivity contribution in [1.29, 1.82) is 0 Å². The average molecular weight is 397 g/mol. The number of aromatic amines is 1. The van der Waals surface area contributed by atoms with Gasteiger partial charge in [0.25, 0.3) is 5.56 Å². The number of fused-ring (bicyclic) bond motifs is 1. The number of nitrogens with one attached hydrogen (secondary N) is 2. The lowest BCUT2D eigenvalue weighted by atomic mass is 9.87. The van der Waals surface area contributed by atoms with Crippen molar-refractivity contribution in [3.05, 3.63) is 81.4 Å². The molecular weight excluding hydrogens is 381 g/mol. The summed E-state index contributed by atoms with van der Waals surface area (Å²) in [5.41, 5.74) is 1.27. The number of carbonyl (C=O) groups is 1. The van der Waals surface area contributed by atoms with E-state index in [-0.39, 0.29) is 35.3 Å². The highest BCUT2D eigenvalue weighted by Crippen LogP contribution is 2.35. The van der Waals surface area contributed by atoms with E-state index in [0.29, 0.717) is 22.0 Å². The van der Waals surface area contributed by atoms with Gasteiger partial charge in [-0.3, -0.25) is 9.59 Å². The summed E-state index contributed by atoms with van der Waals surface area (Å²) in [6.07, 6.45) is 0.115. The highest BCUT2D eigenvalue weighted by atomic mass is 32.2. The van der Waals surface area contributed by atoms with E-state index < -0.39 is 5.92 Å². The summed E-state index contributed by atoms with van der Waals surface area (Å²) >= 11 is 1.18. The first kappa shape index (κ1) is 18.2. The monoisotopic (exact) mass is 397 g/mol. The number of H-pyrrole nitrogens is 1. The van der Waals surface area contributed by atoms with Crippen molar-refractivity contribution in [3.8, 4) is 5.75 Å². The lowest BCUT2D eigenvalue weighted by molar-refractivity contribution is -0.116. The molecule has 1 atom stereocenters. The van der Waals surface area contributed by atoms with Crippen LogP contribution in [-0.2, 0) is 10.5 Å². The van der Waals surface area contributed by atoms with Crippen molar-refractivity contribution in [2.75, 3.05) is 5.32 Å². The molecule has 0 saturated heterocycles. The molecule has 0 spiro atoms. The number of benzene rings is 2. The van der Waals surface area contributed by atoms with Gasteiger partial charge in [0, 0.05) is 18.1 Å². The van der Waals surface area contributed by atoms with Crippen molar-refractivity contribution < 1.29 is 14.3 Å². The van der Waals surface area contributed by atoms with Gasteiger partial charge in [-0.05, 0) is 29.3 Å². The molecule has 3 N–H and O–H groups in total. The Balaban J connectivity index is 1.66. The minimum Gasteiger partial charge on any atom is -0.508 e. The van der Waals surface area contributed by atoms with Crippen LogP contribution in [0.25, 0.3) is 0 Å². The quantitative estimate of drug-likeness (QED) is 0.463. The van der Waals surface area contributed by atoms with Gasteiger partial charge in [0.2, 0.25) is 5.91 Å². The van der Waals surface area contributed by atoms with E-state index >= 15 is 0 Å². The molecule has 4 rings (SSSR count). The first-order valence-corrected chi connectivity index (χ1v) is 9.59. The maximum absolute atomic E-state index is 13.8. The van der Waals surface area contributed by atoms with Crippen LogP contribution in [0.1, 0.15) is 29.0 Å². The zero-order chi connectivity index (χ0) is 19.7. The van der Waals surface area contributed by atoms with Crippen LogP contribution in [0.4, 0.5) is 10.2 Å². The highest BCUT2D eigenvalue weighted by molar-refractivity contribution is 7.98. The smallest absolute Gasteiger partial charge is 0.257 e. The summed E-state index contributed by atoms with van der Waals surface area (Å²) in [7, 11) is 0. The molecule has 1 aliphatic heterocycles. The first-order valence-electron chi connectivity index (χ1n) is 8.60. The van der Waals surface area contributed by atoms with Crippen molar-refractivity contribution in [2.24, 2.45) is 0 Å². The van der Waals surface area contributed by atoms with Gasteiger partial charge in [0.05, 0.1) is 5.56 Å². The van der Waals surface area contributed by atoms with E-state index in [1.807, 2.05) is 0 Å². The number of aromatic nitrogens is 2. The molecule has 0 radical (unpaired) electrons. The van der Waals surface area contributed by atoms with E-state index in [0.717, 1.165) is 5.56 Å². The normalized spacial score (nSPS) is 15.8. The van der Waals surface area contributed by atoms with Gasteiger partial charge in [0.15, 0.2) is 5.16 Å². The van der Waals surface area contributed by atoms with Crippen molar-refractivity contribution in [2.45, 2.75) is 23.2 Å². The van der Waals surface area contributed by atoms with Crippen LogP contribution in [0.2, 0.25) is 0 Å². The van der Waals surface area contributed by atoms with Gasteiger partial charge in [-0.15, -0.1) is 0 Å². The fourth-order valence-corrected chi connectivity index (χ4v) is 4.02.